The number of carbonyl (C=O) groups is 8. The van der Waals surface area contributed by atoms with Gasteiger partial charge in [0, 0.05) is 107 Å². The van der Waals surface area contributed by atoms with E-state index in [4.69, 9.17) is 16.3 Å². The molecule has 0 spiro atoms. The summed E-state index contributed by atoms with van der Waals surface area (Å²) in [5.41, 5.74) is 7.24. The fourth-order valence-electron chi connectivity index (χ4n) is 8.83. The smallest absolute Gasteiger partial charge is 0.308 e. The molecule has 6 aromatic rings. The summed E-state index contributed by atoms with van der Waals surface area (Å²) in [4.78, 5) is 112. The lowest BCUT2D eigenvalue weighted by molar-refractivity contribution is -0.139. The van der Waals surface area contributed by atoms with E-state index in [1.807, 2.05) is 24.3 Å². The van der Waals surface area contributed by atoms with Crippen molar-refractivity contribution in [3.05, 3.63) is 95.8 Å². The molecule has 362 valence electrons. The van der Waals surface area contributed by atoms with Crippen LogP contribution >= 0.6 is 11.6 Å². The number of nitrogens with zero attached hydrogens (tertiary/aromatic N) is 3. The van der Waals surface area contributed by atoms with Gasteiger partial charge < -0.3 is 35.6 Å². The number of ether oxygens (including phenoxy) is 1. The molecule has 1 fully saturated rings. The van der Waals surface area contributed by atoms with Crippen LogP contribution in [0.4, 0.5) is 17.1 Å². The minimum absolute atomic E-state index is 0.000153. The Bertz CT molecular complexity index is 3160. The number of nitrogens with one attached hydrogen (secondary N) is 6. The second-order valence-corrected chi connectivity index (χ2v) is 18.3. The third-order valence-corrected chi connectivity index (χ3v) is 12.8. The lowest BCUT2D eigenvalue weighted by atomic mass is 9.95. The number of anilines is 3. The number of halogens is 1. The third kappa shape index (κ3) is 10.4. The second-order valence-electron chi connectivity index (χ2n) is 18.0. The number of fused-ring (bicyclic) bond motifs is 5. The highest BCUT2D eigenvalue weighted by atomic mass is 35.5. The summed E-state index contributed by atoms with van der Waals surface area (Å²) in [6, 6.07) is 22.2. The number of H-pyrrole nitrogens is 2. The van der Waals surface area contributed by atoms with Crippen LogP contribution < -0.4 is 31.0 Å². The SMILES string of the molecule is CC(=O)Oc1cc2c(c3ccccc13)C(CCl)CN2C(=O)c1cc2cc(NC(=O)c3cc4cc(NC(=O)[C@@H](NC(=O)CC/C(C)=N\NC(=O)CCN5C(=O)CC(C)C5=O)C(C)C)ccc4[nH]3)ccc2[nH]1. The lowest BCUT2D eigenvalue weighted by Gasteiger charge is -2.22. The number of benzene rings is 4. The van der Waals surface area contributed by atoms with Crippen LogP contribution in [0, 0.1) is 11.8 Å². The van der Waals surface area contributed by atoms with Crippen molar-refractivity contribution in [1.82, 2.24) is 25.6 Å². The molecule has 0 radical (unpaired) electrons. The Kier molecular flexibility index (Phi) is 14.2. The normalized spacial score (nSPS) is 16.2. The standard InChI is InChI=1S/C51H52ClN9O9/c1-26(2)47(57-43(63)15-10-28(4)58-59-44(64)16-17-60-45(65)18-27(3)50(60)68)49(67)54-34-12-13-37-30(19-34)21-39(55-37)48(66)53-33-11-14-38-31(20-33)22-40(56-38)51(69)61-25-32(24-52)46-36-9-7-6-8-35(36)42(23-41(46)61)70-29(5)62/h6-9,11-14,19-23,26-27,32,47,55-56H,10,15-18,24-25H2,1-5H3,(H,53,66)(H,54,67)(H,57,63)(H,59,64)/b58-28-/t27?,32?,47-/m0/s1. The Morgan fingerprint density at radius 3 is 2.11 bits per heavy atom. The summed E-state index contributed by atoms with van der Waals surface area (Å²) >= 11 is 6.46. The van der Waals surface area contributed by atoms with Gasteiger partial charge in [-0.05, 0) is 78.7 Å². The van der Waals surface area contributed by atoms with Gasteiger partial charge in [0.15, 0.2) is 0 Å². The summed E-state index contributed by atoms with van der Waals surface area (Å²) in [5, 5.41) is 15.5. The van der Waals surface area contributed by atoms with Gasteiger partial charge in [-0.1, -0.05) is 45.0 Å². The van der Waals surface area contributed by atoms with E-state index in [0.29, 0.717) is 62.6 Å². The first-order valence-electron chi connectivity index (χ1n) is 22.9. The van der Waals surface area contributed by atoms with Crippen LogP contribution in [-0.4, -0.2) is 92.9 Å². The second kappa shape index (κ2) is 20.4. The molecule has 3 atom stereocenters. The van der Waals surface area contributed by atoms with E-state index in [0.717, 1.165) is 21.2 Å². The molecule has 18 nitrogen and oxygen atoms in total. The Morgan fingerprint density at radius 2 is 1.47 bits per heavy atom. The predicted octanol–water partition coefficient (Wildman–Crippen LogP) is 7.10. The number of esters is 1. The van der Waals surface area contributed by atoms with Gasteiger partial charge >= 0.3 is 5.97 Å². The highest BCUT2D eigenvalue weighted by Crippen LogP contribution is 2.46. The first-order chi connectivity index (χ1) is 33.5. The van der Waals surface area contributed by atoms with E-state index >= 15 is 0 Å². The number of rotatable bonds is 16. The molecular weight excluding hydrogens is 918 g/mol. The largest absolute Gasteiger partial charge is 0.426 e. The molecule has 2 unspecified atom stereocenters. The average molecular weight is 970 g/mol. The maximum absolute atomic E-state index is 14.2. The first-order valence-corrected chi connectivity index (χ1v) is 23.5. The van der Waals surface area contributed by atoms with Crippen molar-refractivity contribution < 1.29 is 43.1 Å². The molecule has 0 aliphatic carbocycles. The van der Waals surface area contributed by atoms with E-state index in [2.05, 4.69) is 36.4 Å². The number of aromatic nitrogens is 2. The van der Waals surface area contributed by atoms with E-state index < -0.39 is 41.6 Å². The molecule has 2 aromatic heterocycles. The van der Waals surface area contributed by atoms with Crippen LogP contribution in [0.15, 0.2) is 84.0 Å². The molecule has 0 saturated carbocycles. The number of likely N-dealkylation sites (tertiary alicyclic amines) is 1. The van der Waals surface area contributed by atoms with Crippen molar-refractivity contribution >= 4 is 114 Å². The molecule has 70 heavy (non-hydrogen) atoms. The van der Waals surface area contributed by atoms with Crippen LogP contribution in [0.1, 0.15) is 92.8 Å². The third-order valence-electron chi connectivity index (χ3n) is 12.4. The van der Waals surface area contributed by atoms with Crippen molar-refractivity contribution in [1.29, 1.82) is 0 Å². The van der Waals surface area contributed by atoms with Crippen LogP contribution in [0.5, 0.6) is 5.75 Å². The van der Waals surface area contributed by atoms with E-state index in [1.165, 1.54) is 6.92 Å². The van der Waals surface area contributed by atoms with E-state index in [-0.39, 0.29) is 73.4 Å². The highest BCUT2D eigenvalue weighted by molar-refractivity contribution is 6.19. The van der Waals surface area contributed by atoms with Gasteiger partial charge in [-0.25, -0.2) is 5.43 Å². The van der Waals surface area contributed by atoms with Crippen LogP contribution in [0.2, 0.25) is 0 Å². The maximum atomic E-state index is 14.2. The summed E-state index contributed by atoms with van der Waals surface area (Å²) in [7, 11) is 0. The topological polar surface area (TPSA) is 244 Å². The number of imide groups is 1. The molecule has 19 heteroatoms. The molecule has 4 heterocycles. The Morgan fingerprint density at radius 1 is 0.814 bits per heavy atom. The highest BCUT2D eigenvalue weighted by Gasteiger charge is 2.37. The molecule has 8 rings (SSSR count). The van der Waals surface area contributed by atoms with Gasteiger partial charge in [-0.15, -0.1) is 11.6 Å². The molecule has 6 N–H and O–H groups in total. The van der Waals surface area contributed by atoms with Gasteiger partial charge in [0.1, 0.15) is 23.2 Å². The fraction of sp³-hybridized carbons (Fsp3) is 0.314. The number of aromatic amines is 2. The van der Waals surface area contributed by atoms with Gasteiger partial charge in [0.25, 0.3) is 11.8 Å². The minimum atomic E-state index is -0.874. The first kappa shape index (κ1) is 48.6. The molecule has 2 aliphatic rings. The summed E-state index contributed by atoms with van der Waals surface area (Å²) in [5.74, 6) is -3.27. The predicted molar refractivity (Wildman–Crippen MR) is 266 cm³/mol. The zero-order chi connectivity index (χ0) is 50.0. The van der Waals surface area contributed by atoms with Crippen molar-refractivity contribution in [2.24, 2.45) is 16.9 Å². The van der Waals surface area contributed by atoms with Gasteiger partial charge in [0.2, 0.25) is 29.5 Å². The van der Waals surface area contributed by atoms with Crippen molar-refractivity contribution in [2.75, 3.05) is 34.5 Å². The fourth-order valence-corrected chi connectivity index (χ4v) is 9.09. The number of hydrogen-bond donors (Lipinski definition) is 6. The summed E-state index contributed by atoms with van der Waals surface area (Å²) < 4.78 is 5.58. The summed E-state index contributed by atoms with van der Waals surface area (Å²) in [6.07, 6.45) is 0.235. The van der Waals surface area contributed by atoms with Crippen molar-refractivity contribution in [2.45, 2.75) is 72.3 Å². The molecule has 2 aliphatic heterocycles. The quantitative estimate of drug-likeness (QED) is 0.0144. The van der Waals surface area contributed by atoms with Crippen LogP contribution in [-0.2, 0) is 28.8 Å². The molecule has 4 aromatic carbocycles. The maximum Gasteiger partial charge on any atom is 0.308 e. The van der Waals surface area contributed by atoms with Crippen LogP contribution in [0.3, 0.4) is 0 Å². The monoisotopic (exact) mass is 969 g/mol. The van der Waals surface area contributed by atoms with Crippen LogP contribution in [0.25, 0.3) is 32.6 Å². The Labute approximate surface area is 406 Å². The van der Waals surface area contributed by atoms with Crippen molar-refractivity contribution in [3.8, 4) is 5.75 Å². The molecule has 1 saturated heterocycles. The van der Waals surface area contributed by atoms with Gasteiger partial charge in [-0.3, -0.25) is 43.3 Å². The number of hydrazone groups is 1. The zero-order valence-electron chi connectivity index (χ0n) is 39.2. The number of amides is 7. The zero-order valence-corrected chi connectivity index (χ0v) is 39.9. The molecule has 0 bridgehead atoms. The molecule has 7 amide bonds. The van der Waals surface area contributed by atoms with E-state index in [1.54, 1.807) is 87.2 Å². The van der Waals surface area contributed by atoms with Gasteiger partial charge in [-0.2, -0.15) is 5.10 Å². The number of carbonyl (C=O) groups excluding carboxylic acids is 8. The average Bonchev–Trinajstić information content (AvgIpc) is 4.11. The Hall–Kier alpha value is -7.86. The van der Waals surface area contributed by atoms with Crippen molar-refractivity contribution in [3.63, 3.8) is 0 Å². The molecular formula is C51H52ClN9O9. The minimum Gasteiger partial charge on any atom is -0.426 e. The van der Waals surface area contributed by atoms with E-state index in [9.17, 15) is 38.4 Å². The van der Waals surface area contributed by atoms with Gasteiger partial charge in [0.05, 0.1) is 5.69 Å². The summed E-state index contributed by atoms with van der Waals surface area (Å²) in [6.45, 7) is 8.56. The number of hydrogen-bond acceptors (Lipinski definition) is 10. The lowest BCUT2D eigenvalue weighted by Crippen LogP contribution is -2.47. The Balaban J connectivity index is 0.864. The number of alkyl halides is 1.